The molecule has 12 rings (SSSR count). The molecule has 0 saturated heterocycles. The van der Waals surface area contributed by atoms with Crippen molar-refractivity contribution in [2.24, 2.45) is 0 Å². The van der Waals surface area contributed by atoms with Gasteiger partial charge in [0.25, 0.3) is 0 Å². The monoisotopic (exact) mass is 735 g/mol. The second-order valence-electron chi connectivity index (χ2n) is 15.6. The van der Waals surface area contributed by atoms with Gasteiger partial charge in [0.05, 0.1) is 11.0 Å². The van der Waals surface area contributed by atoms with Crippen LogP contribution in [0.2, 0.25) is 0 Å². The maximum absolute atomic E-state index is 2.50. The summed E-state index contributed by atoms with van der Waals surface area (Å²) < 4.78 is 2.48. The van der Waals surface area contributed by atoms with Crippen molar-refractivity contribution in [3.05, 3.63) is 235 Å². The largest absolute Gasteiger partial charge is 0.309 e. The SMILES string of the molecule is c1ccc(-c2cc3ccc(-c4cccc(-n5c6ccccc6c6cc7c(cc65)C(c5ccccc5)c5ccc6ccccc6c5-7)c4)cc3cc2-c2ccccc2)cc1. The minimum atomic E-state index is 0.152. The maximum Gasteiger partial charge on any atom is 0.0544 e. The Balaban J connectivity index is 1.04. The molecule has 1 nitrogen and oxygen atoms in total. The molecule has 1 aliphatic carbocycles. The summed E-state index contributed by atoms with van der Waals surface area (Å²) in [6.07, 6.45) is 0. The first kappa shape index (κ1) is 32.7. The van der Waals surface area contributed by atoms with Gasteiger partial charge in [0.1, 0.15) is 0 Å². The lowest BCUT2D eigenvalue weighted by atomic mass is 9.88. The summed E-state index contributed by atoms with van der Waals surface area (Å²) in [5.74, 6) is 0.152. The molecule has 1 aliphatic rings. The molecule has 0 saturated carbocycles. The van der Waals surface area contributed by atoms with Gasteiger partial charge in [-0.3, -0.25) is 0 Å². The second kappa shape index (κ2) is 13.0. The van der Waals surface area contributed by atoms with Crippen LogP contribution in [0.4, 0.5) is 0 Å². The van der Waals surface area contributed by atoms with Gasteiger partial charge >= 0.3 is 0 Å². The Labute approximate surface area is 337 Å². The van der Waals surface area contributed by atoms with E-state index in [1.807, 2.05) is 0 Å². The molecule has 1 atom stereocenters. The lowest BCUT2D eigenvalue weighted by Gasteiger charge is -2.16. The Morgan fingerprint density at radius 1 is 0.310 bits per heavy atom. The van der Waals surface area contributed by atoms with Crippen LogP contribution in [0.3, 0.4) is 0 Å². The van der Waals surface area contributed by atoms with Crippen molar-refractivity contribution in [3.8, 4) is 50.2 Å². The lowest BCUT2D eigenvalue weighted by molar-refractivity contribution is 1.02. The predicted molar refractivity (Wildman–Crippen MR) is 245 cm³/mol. The molecule has 0 spiro atoms. The van der Waals surface area contributed by atoms with Gasteiger partial charge in [0, 0.05) is 22.4 Å². The fourth-order valence-electron chi connectivity index (χ4n) is 9.78. The molecule has 0 fully saturated rings. The summed E-state index contributed by atoms with van der Waals surface area (Å²) in [5, 5.41) is 7.61. The molecule has 1 heterocycles. The van der Waals surface area contributed by atoms with Crippen molar-refractivity contribution in [2.45, 2.75) is 5.92 Å². The molecule has 0 N–H and O–H groups in total. The second-order valence-corrected chi connectivity index (χ2v) is 15.6. The summed E-state index contributed by atoms with van der Waals surface area (Å²) in [6.45, 7) is 0. The van der Waals surface area contributed by atoms with E-state index < -0.39 is 0 Å². The third kappa shape index (κ3) is 5.10. The zero-order valence-corrected chi connectivity index (χ0v) is 31.8. The molecular formula is C57H37N. The fraction of sp³-hybridized carbons (Fsp3) is 0.0175. The highest BCUT2D eigenvalue weighted by molar-refractivity contribution is 6.13. The minimum absolute atomic E-state index is 0.152. The highest BCUT2D eigenvalue weighted by atomic mass is 15.0. The molecule has 1 heteroatoms. The van der Waals surface area contributed by atoms with E-state index in [-0.39, 0.29) is 5.92 Å². The predicted octanol–water partition coefficient (Wildman–Crippen LogP) is 15.3. The van der Waals surface area contributed by atoms with Crippen molar-refractivity contribution < 1.29 is 0 Å². The van der Waals surface area contributed by atoms with Crippen molar-refractivity contribution in [2.75, 3.05) is 0 Å². The number of aromatic nitrogens is 1. The van der Waals surface area contributed by atoms with Crippen LogP contribution in [0.25, 0.3) is 93.5 Å². The number of fused-ring (bicyclic) bond motifs is 9. The Morgan fingerprint density at radius 3 is 1.71 bits per heavy atom. The minimum Gasteiger partial charge on any atom is -0.309 e. The molecule has 270 valence electrons. The molecule has 1 aromatic heterocycles. The average molecular weight is 736 g/mol. The Hall–Kier alpha value is -7.48. The highest BCUT2D eigenvalue weighted by Gasteiger charge is 2.32. The van der Waals surface area contributed by atoms with Crippen LogP contribution >= 0.6 is 0 Å². The summed E-state index contributed by atoms with van der Waals surface area (Å²) in [7, 11) is 0. The van der Waals surface area contributed by atoms with Gasteiger partial charge in [-0.05, 0) is 131 Å². The highest BCUT2D eigenvalue weighted by Crippen LogP contribution is 2.53. The summed E-state index contributed by atoms with van der Waals surface area (Å²) >= 11 is 0. The van der Waals surface area contributed by atoms with E-state index in [1.165, 1.54) is 105 Å². The number of hydrogen-bond acceptors (Lipinski definition) is 0. The Morgan fingerprint density at radius 2 is 0.931 bits per heavy atom. The van der Waals surface area contributed by atoms with Crippen LogP contribution in [0.5, 0.6) is 0 Å². The lowest BCUT2D eigenvalue weighted by Crippen LogP contribution is -2.00. The molecule has 0 bridgehead atoms. The number of hydrogen-bond donors (Lipinski definition) is 0. The van der Waals surface area contributed by atoms with Crippen molar-refractivity contribution in [1.29, 1.82) is 0 Å². The van der Waals surface area contributed by atoms with E-state index in [2.05, 4.69) is 223 Å². The van der Waals surface area contributed by atoms with Gasteiger partial charge in [-0.25, -0.2) is 0 Å². The van der Waals surface area contributed by atoms with Gasteiger partial charge in [-0.1, -0.05) is 170 Å². The first-order valence-corrected chi connectivity index (χ1v) is 20.2. The first-order chi connectivity index (χ1) is 28.8. The molecule has 0 aliphatic heterocycles. The van der Waals surface area contributed by atoms with Crippen LogP contribution in [0.1, 0.15) is 22.6 Å². The molecule has 1 unspecified atom stereocenters. The smallest absolute Gasteiger partial charge is 0.0544 e. The number of rotatable bonds is 5. The van der Waals surface area contributed by atoms with Crippen molar-refractivity contribution >= 4 is 43.4 Å². The molecule has 58 heavy (non-hydrogen) atoms. The Bertz CT molecular complexity index is 3370. The van der Waals surface area contributed by atoms with Gasteiger partial charge < -0.3 is 4.57 Å². The average Bonchev–Trinajstić information content (AvgIpc) is 3.80. The van der Waals surface area contributed by atoms with Crippen LogP contribution in [-0.2, 0) is 0 Å². The van der Waals surface area contributed by atoms with Gasteiger partial charge in [-0.15, -0.1) is 0 Å². The molecule has 0 radical (unpaired) electrons. The number of benzene rings is 10. The van der Waals surface area contributed by atoms with E-state index in [4.69, 9.17) is 0 Å². The number of nitrogens with zero attached hydrogens (tertiary/aromatic N) is 1. The third-order valence-corrected chi connectivity index (χ3v) is 12.4. The van der Waals surface area contributed by atoms with Crippen LogP contribution in [0.15, 0.2) is 218 Å². The van der Waals surface area contributed by atoms with E-state index >= 15 is 0 Å². The van der Waals surface area contributed by atoms with E-state index in [1.54, 1.807) is 0 Å². The Kier molecular flexibility index (Phi) is 7.36. The van der Waals surface area contributed by atoms with E-state index in [0.29, 0.717) is 0 Å². The standard InChI is InChI=1S/C57H37N/c1-4-15-37(16-5-1)49-33-43-28-27-42(31-44(43)34-50(49)38-17-6-2-7-18-38)41-22-14-23-45(32-41)58-54-26-13-12-25-47(54)51-35-52-53(36-55(51)58)56(40-20-8-3-9-21-40)48-30-29-39-19-10-11-24-46(39)57(48)52/h1-36,56H. The molecule has 0 amide bonds. The number of para-hydroxylation sites is 1. The zero-order chi connectivity index (χ0) is 38.2. The zero-order valence-electron chi connectivity index (χ0n) is 31.8. The molecular weight excluding hydrogens is 699 g/mol. The van der Waals surface area contributed by atoms with Crippen LogP contribution in [0, 0.1) is 0 Å². The fourth-order valence-corrected chi connectivity index (χ4v) is 9.78. The summed E-state index contributed by atoms with van der Waals surface area (Å²) in [4.78, 5) is 0. The van der Waals surface area contributed by atoms with Crippen LogP contribution < -0.4 is 0 Å². The molecule has 11 aromatic rings. The third-order valence-electron chi connectivity index (χ3n) is 12.4. The summed E-state index contributed by atoms with van der Waals surface area (Å²) in [6, 6.07) is 80.7. The van der Waals surface area contributed by atoms with Gasteiger partial charge in [0.2, 0.25) is 0 Å². The van der Waals surface area contributed by atoms with Gasteiger partial charge in [-0.2, -0.15) is 0 Å². The molecule has 10 aromatic carbocycles. The first-order valence-electron chi connectivity index (χ1n) is 20.2. The van der Waals surface area contributed by atoms with E-state index in [0.717, 1.165) is 5.69 Å². The summed E-state index contributed by atoms with van der Waals surface area (Å²) in [5.41, 5.74) is 17.7. The van der Waals surface area contributed by atoms with E-state index in [9.17, 15) is 0 Å². The van der Waals surface area contributed by atoms with Crippen molar-refractivity contribution in [1.82, 2.24) is 4.57 Å². The van der Waals surface area contributed by atoms with Crippen LogP contribution in [-0.4, -0.2) is 4.57 Å². The quantitative estimate of drug-likeness (QED) is 0.166. The topological polar surface area (TPSA) is 4.93 Å². The maximum atomic E-state index is 2.50. The normalized spacial score (nSPS) is 13.3. The van der Waals surface area contributed by atoms with Crippen molar-refractivity contribution in [3.63, 3.8) is 0 Å². The van der Waals surface area contributed by atoms with Gasteiger partial charge in [0.15, 0.2) is 0 Å².